The maximum absolute atomic E-state index is 5.48. The summed E-state index contributed by atoms with van der Waals surface area (Å²) in [6.45, 7) is 3.17. The monoisotopic (exact) mass is 266 g/mol. The minimum atomic E-state index is 0.238. The number of methoxy groups -OCH3 is 2. The standard InChI is InChI=1S/C15H26N2O2/c1-6-11(10-16-2)15(17-3)13-9-12(18-4)7-8-14(13)19-5/h7-9,11,15-17H,6,10H2,1-5H3. The molecule has 0 bridgehead atoms. The number of rotatable bonds is 8. The van der Waals surface area contributed by atoms with E-state index >= 15 is 0 Å². The molecule has 1 aromatic rings. The minimum Gasteiger partial charge on any atom is -0.497 e. The summed E-state index contributed by atoms with van der Waals surface area (Å²) >= 11 is 0. The van der Waals surface area contributed by atoms with Crippen LogP contribution in [0.15, 0.2) is 18.2 Å². The van der Waals surface area contributed by atoms with Crippen molar-refractivity contribution >= 4 is 0 Å². The maximum Gasteiger partial charge on any atom is 0.123 e. The highest BCUT2D eigenvalue weighted by molar-refractivity contribution is 5.42. The summed E-state index contributed by atoms with van der Waals surface area (Å²) in [7, 11) is 7.36. The molecule has 0 amide bonds. The van der Waals surface area contributed by atoms with Crippen LogP contribution in [0.1, 0.15) is 24.9 Å². The Hall–Kier alpha value is -1.26. The molecule has 2 N–H and O–H groups in total. The van der Waals surface area contributed by atoms with Crippen LogP contribution in [0.2, 0.25) is 0 Å². The van der Waals surface area contributed by atoms with Gasteiger partial charge in [-0.25, -0.2) is 0 Å². The number of hydrogen-bond donors (Lipinski definition) is 2. The zero-order valence-electron chi connectivity index (χ0n) is 12.6. The second-order valence-electron chi connectivity index (χ2n) is 4.60. The van der Waals surface area contributed by atoms with Crippen molar-refractivity contribution in [2.75, 3.05) is 34.9 Å². The van der Waals surface area contributed by atoms with Crippen molar-refractivity contribution in [1.82, 2.24) is 10.6 Å². The van der Waals surface area contributed by atoms with Gasteiger partial charge < -0.3 is 20.1 Å². The van der Waals surface area contributed by atoms with Gasteiger partial charge in [0.2, 0.25) is 0 Å². The lowest BCUT2D eigenvalue weighted by molar-refractivity contribution is 0.337. The average molecular weight is 266 g/mol. The lowest BCUT2D eigenvalue weighted by Gasteiger charge is -2.28. The van der Waals surface area contributed by atoms with Crippen LogP contribution >= 0.6 is 0 Å². The van der Waals surface area contributed by atoms with E-state index in [9.17, 15) is 0 Å². The summed E-state index contributed by atoms with van der Waals surface area (Å²) < 4.78 is 10.8. The SMILES string of the molecule is CCC(CNC)C(NC)c1cc(OC)ccc1OC. The van der Waals surface area contributed by atoms with Crippen LogP contribution in [0.4, 0.5) is 0 Å². The quantitative estimate of drug-likeness (QED) is 0.757. The molecule has 0 radical (unpaired) electrons. The highest BCUT2D eigenvalue weighted by Crippen LogP contribution is 2.34. The molecule has 19 heavy (non-hydrogen) atoms. The number of benzene rings is 1. The van der Waals surface area contributed by atoms with Gasteiger partial charge in [-0.1, -0.05) is 13.3 Å². The van der Waals surface area contributed by atoms with Gasteiger partial charge in [-0.05, 0) is 44.8 Å². The van der Waals surface area contributed by atoms with E-state index in [0.717, 1.165) is 30.0 Å². The van der Waals surface area contributed by atoms with E-state index < -0.39 is 0 Å². The van der Waals surface area contributed by atoms with Gasteiger partial charge in [0.1, 0.15) is 11.5 Å². The lowest BCUT2D eigenvalue weighted by Crippen LogP contribution is -2.31. The molecule has 2 unspecified atom stereocenters. The van der Waals surface area contributed by atoms with Crippen LogP contribution in [0.3, 0.4) is 0 Å². The molecule has 108 valence electrons. The van der Waals surface area contributed by atoms with Crippen LogP contribution in [-0.4, -0.2) is 34.9 Å². The Morgan fingerprint density at radius 3 is 2.37 bits per heavy atom. The molecule has 0 fully saturated rings. The van der Waals surface area contributed by atoms with Crippen LogP contribution in [-0.2, 0) is 0 Å². The first kappa shape index (κ1) is 15.8. The van der Waals surface area contributed by atoms with Crippen molar-refractivity contribution in [2.45, 2.75) is 19.4 Å². The van der Waals surface area contributed by atoms with Crippen LogP contribution < -0.4 is 20.1 Å². The van der Waals surface area contributed by atoms with Crippen LogP contribution in [0, 0.1) is 5.92 Å². The normalized spacial score (nSPS) is 13.9. The van der Waals surface area contributed by atoms with E-state index in [1.165, 1.54) is 0 Å². The molecule has 0 aromatic heterocycles. The number of hydrogen-bond acceptors (Lipinski definition) is 4. The van der Waals surface area contributed by atoms with Gasteiger partial charge in [0.25, 0.3) is 0 Å². The van der Waals surface area contributed by atoms with E-state index in [-0.39, 0.29) is 6.04 Å². The first-order chi connectivity index (χ1) is 9.21. The Bertz CT molecular complexity index is 382. The third-order valence-corrected chi connectivity index (χ3v) is 3.55. The first-order valence-electron chi connectivity index (χ1n) is 6.75. The number of nitrogens with one attached hydrogen (secondary N) is 2. The molecule has 4 heteroatoms. The number of ether oxygens (including phenoxy) is 2. The first-order valence-corrected chi connectivity index (χ1v) is 6.75. The van der Waals surface area contributed by atoms with Crippen molar-refractivity contribution in [3.63, 3.8) is 0 Å². The van der Waals surface area contributed by atoms with Gasteiger partial charge in [0.05, 0.1) is 14.2 Å². The highest BCUT2D eigenvalue weighted by Gasteiger charge is 2.23. The Morgan fingerprint density at radius 2 is 1.89 bits per heavy atom. The summed E-state index contributed by atoms with van der Waals surface area (Å²) in [6.07, 6.45) is 1.09. The summed E-state index contributed by atoms with van der Waals surface area (Å²) in [5.74, 6) is 2.25. The Balaban J connectivity index is 3.13. The Labute approximate surface area is 116 Å². The topological polar surface area (TPSA) is 42.5 Å². The van der Waals surface area contributed by atoms with Gasteiger partial charge in [-0.3, -0.25) is 0 Å². The highest BCUT2D eigenvalue weighted by atomic mass is 16.5. The summed E-state index contributed by atoms with van der Waals surface area (Å²) in [6, 6.07) is 6.18. The third kappa shape index (κ3) is 3.85. The lowest BCUT2D eigenvalue weighted by atomic mass is 9.90. The largest absolute Gasteiger partial charge is 0.497 e. The van der Waals surface area contributed by atoms with Crippen molar-refractivity contribution in [3.8, 4) is 11.5 Å². The summed E-state index contributed by atoms with van der Waals surface area (Å²) in [5, 5.41) is 6.66. The molecule has 4 nitrogen and oxygen atoms in total. The smallest absolute Gasteiger partial charge is 0.123 e. The molecular formula is C15H26N2O2. The molecular weight excluding hydrogens is 240 g/mol. The molecule has 1 rings (SSSR count). The molecule has 0 aliphatic heterocycles. The predicted molar refractivity (Wildman–Crippen MR) is 79.1 cm³/mol. The Morgan fingerprint density at radius 1 is 1.16 bits per heavy atom. The van der Waals surface area contributed by atoms with Crippen molar-refractivity contribution in [1.29, 1.82) is 0 Å². The second kappa shape index (κ2) is 8.02. The molecule has 0 aliphatic carbocycles. The summed E-state index contributed by atoms with van der Waals surface area (Å²) in [5.41, 5.74) is 1.14. The van der Waals surface area contributed by atoms with Crippen LogP contribution in [0.25, 0.3) is 0 Å². The molecule has 0 heterocycles. The van der Waals surface area contributed by atoms with Gasteiger partial charge in [0.15, 0.2) is 0 Å². The fourth-order valence-electron chi connectivity index (χ4n) is 2.49. The molecule has 1 aromatic carbocycles. The third-order valence-electron chi connectivity index (χ3n) is 3.55. The van der Waals surface area contributed by atoms with E-state index in [2.05, 4.69) is 23.6 Å². The van der Waals surface area contributed by atoms with Gasteiger partial charge in [-0.15, -0.1) is 0 Å². The minimum absolute atomic E-state index is 0.238. The van der Waals surface area contributed by atoms with Crippen molar-refractivity contribution < 1.29 is 9.47 Å². The zero-order valence-corrected chi connectivity index (χ0v) is 12.6. The van der Waals surface area contributed by atoms with E-state index in [1.807, 2.05) is 26.2 Å². The molecule has 0 saturated heterocycles. The predicted octanol–water partition coefficient (Wildman–Crippen LogP) is 2.21. The van der Waals surface area contributed by atoms with E-state index in [1.54, 1.807) is 14.2 Å². The average Bonchev–Trinajstić information content (AvgIpc) is 2.46. The fraction of sp³-hybridized carbons (Fsp3) is 0.600. The molecule has 0 saturated carbocycles. The van der Waals surface area contributed by atoms with E-state index in [4.69, 9.17) is 9.47 Å². The van der Waals surface area contributed by atoms with Gasteiger partial charge in [-0.2, -0.15) is 0 Å². The van der Waals surface area contributed by atoms with Gasteiger partial charge in [0, 0.05) is 11.6 Å². The van der Waals surface area contributed by atoms with Crippen molar-refractivity contribution in [2.24, 2.45) is 5.92 Å². The Kier molecular flexibility index (Phi) is 6.67. The fourth-order valence-corrected chi connectivity index (χ4v) is 2.49. The van der Waals surface area contributed by atoms with Crippen LogP contribution in [0.5, 0.6) is 11.5 Å². The van der Waals surface area contributed by atoms with Crippen molar-refractivity contribution in [3.05, 3.63) is 23.8 Å². The second-order valence-corrected chi connectivity index (χ2v) is 4.60. The molecule has 0 aliphatic rings. The molecule has 0 spiro atoms. The van der Waals surface area contributed by atoms with E-state index in [0.29, 0.717) is 5.92 Å². The maximum atomic E-state index is 5.48. The zero-order chi connectivity index (χ0) is 14.3. The summed E-state index contributed by atoms with van der Waals surface area (Å²) in [4.78, 5) is 0. The molecule has 2 atom stereocenters. The van der Waals surface area contributed by atoms with Gasteiger partial charge >= 0.3 is 0 Å².